The molecular formula is C15H10F4N4O2. The second-order valence-electron chi connectivity index (χ2n) is 4.86. The first kappa shape index (κ1) is 16.7. The highest BCUT2D eigenvalue weighted by atomic mass is 19.2. The van der Waals surface area contributed by atoms with Crippen LogP contribution < -0.4 is 10.1 Å². The van der Waals surface area contributed by atoms with Gasteiger partial charge in [-0.15, -0.1) is 0 Å². The fourth-order valence-electron chi connectivity index (χ4n) is 1.92. The number of aryl methyl sites for hydroxylation is 1. The van der Waals surface area contributed by atoms with Crippen LogP contribution in [0.2, 0.25) is 0 Å². The lowest BCUT2D eigenvalue weighted by Crippen LogP contribution is -2.06. The first-order chi connectivity index (χ1) is 11.9. The van der Waals surface area contributed by atoms with Crippen LogP contribution in [0.4, 0.5) is 28.9 Å². The topological polar surface area (TPSA) is 73.1 Å². The van der Waals surface area contributed by atoms with E-state index in [2.05, 4.69) is 20.4 Å². The molecule has 0 fully saturated rings. The highest BCUT2D eigenvalue weighted by Crippen LogP contribution is 2.27. The molecule has 25 heavy (non-hydrogen) atoms. The number of anilines is 2. The molecule has 1 N–H and O–H groups in total. The summed E-state index contributed by atoms with van der Waals surface area (Å²) >= 11 is 0. The number of halogens is 4. The van der Waals surface area contributed by atoms with E-state index in [-0.39, 0.29) is 12.3 Å². The molecule has 6 nitrogen and oxygen atoms in total. The average molecular weight is 354 g/mol. The van der Waals surface area contributed by atoms with Crippen LogP contribution in [0.5, 0.6) is 5.75 Å². The fraction of sp³-hybridized carbons (Fsp3) is 0.133. The Hall–Kier alpha value is -3.17. The molecule has 0 aliphatic rings. The van der Waals surface area contributed by atoms with E-state index in [1.165, 1.54) is 24.3 Å². The molecule has 1 aromatic carbocycles. The zero-order chi connectivity index (χ0) is 18.0. The van der Waals surface area contributed by atoms with E-state index in [0.717, 1.165) is 0 Å². The van der Waals surface area contributed by atoms with Crippen LogP contribution >= 0.6 is 0 Å². The number of rotatable bonds is 5. The molecule has 0 amide bonds. The monoisotopic (exact) mass is 354 g/mol. The molecule has 0 atom stereocenters. The maximum Gasteiger partial charge on any atom is 0.253 e. The summed E-state index contributed by atoms with van der Waals surface area (Å²) < 4.78 is 63.5. The van der Waals surface area contributed by atoms with Crippen LogP contribution in [0.3, 0.4) is 0 Å². The number of hydrogen-bond donors (Lipinski definition) is 1. The highest BCUT2D eigenvalue weighted by molar-refractivity contribution is 5.61. The van der Waals surface area contributed by atoms with Crippen LogP contribution in [0, 0.1) is 30.5 Å². The van der Waals surface area contributed by atoms with Gasteiger partial charge in [0.1, 0.15) is 11.4 Å². The summed E-state index contributed by atoms with van der Waals surface area (Å²) in [7, 11) is 0. The third-order valence-electron chi connectivity index (χ3n) is 3.06. The van der Waals surface area contributed by atoms with Gasteiger partial charge in [0.15, 0.2) is 6.61 Å². The van der Waals surface area contributed by atoms with Gasteiger partial charge in [0.25, 0.3) is 11.9 Å². The van der Waals surface area contributed by atoms with E-state index < -0.39 is 29.2 Å². The number of benzene rings is 1. The minimum absolute atomic E-state index is 0.0636. The summed E-state index contributed by atoms with van der Waals surface area (Å²) in [6.45, 7) is 1.70. The quantitative estimate of drug-likeness (QED) is 0.557. The van der Waals surface area contributed by atoms with Crippen LogP contribution in [-0.2, 0) is 6.61 Å². The van der Waals surface area contributed by atoms with Crippen molar-refractivity contribution in [2.24, 2.45) is 0 Å². The van der Waals surface area contributed by atoms with Crippen molar-refractivity contribution in [2.75, 3.05) is 5.32 Å². The van der Waals surface area contributed by atoms with Gasteiger partial charge in [0.05, 0.1) is 0 Å². The molecule has 0 saturated heterocycles. The van der Waals surface area contributed by atoms with Crippen LogP contribution in [0.25, 0.3) is 0 Å². The Balaban J connectivity index is 1.71. The molecule has 3 rings (SSSR count). The van der Waals surface area contributed by atoms with Crippen LogP contribution in [0.15, 0.2) is 28.8 Å². The van der Waals surface area contributed by atoms with E-state index in [1.807, 2.05) is 0 Å². The summed E-state index contributed by atoms with van der Waals surface area (Å²) in [6.07, 6.45) is 0. The molecular weight excluding hydrogens is 344 g/mol. The van der Waals surface area contributed by atoms with Crippen molar-refractivity contribution in [3.05, 3.63) is 59.5 Å². The maximum atomic E-state index is 13.6. The number of hydrogen-bond acceptors (Lipinski definition) is 6. The maximum absolute atomic E-state index is 13.6. The van der Waals surface area contributed by atoms with Crippen molar-refractivity contribution in [1.29, 1.82) is 0 Å². The molecule has 0 bridgehead atoms. The average Bonchev–Trinajstić information content (AvgIpc) is 3.01. The molecule has 10 heteroatoms. The van der Waals surface area contributed by atoms with Gasteiger partial charge in [-0.2, -0.15) is 27.5 Å². The summed E-state index contributed by atoms with van der Waals surface area (Å²) in [5.41, 5.74) is -0.786. The molecule has 2 heterocycles. The second-order valence-corrected chi connectivity index (χ2v) is 4.86. The standard InChI is InChI=1S/C15H10F4N4O2/c1-7-20-10(23-25-7)6-24-9-4-2-8(3-5-9)21-13-11(16)14(18)22-15(19)12(13)17/h2-5H,6H2,1H3,(H,21,22). The molecule has 0 spiro atoms. The number of aromatic nitrogens is 3. The van der Waals surface area contributed by atoms with Crippen LogP contribution in [0.1, 0.15) is 11.7 Å². The first-order valence-corrected chi connectivity index (χ1v) is 6.93. The predicted octanol–water partition coefficient (Wildman–Crippen LogP) is 3.65. The SMILES string of the molecule is Cc1nc(COc2ccc(Nc3c(F)c(F)nc(F)c3F)cc2)no1. The van der Waals surface area contributed by atoms with Gasteiger partial charge >= 0.3 is 0 Å². The van der Waals surface area contributed by atoms with Crippen molar-refractivity contribution in [1.82, 2.24) is 15.1 Å². The van der Waals surface area contributed by atoms with E-state index in [1.54, 1.807) is 6.92 Å². The van der Waals surface area contributed by atoms with E-state index in [9.17, 15) is 17.6 Å². The van der Waals surface area contributed by atoms with Crippen molar-refractivity contribution >= 4 is 11.4 Å². The normalized spacial score (nSPS) is 10.8. The fourth-order valence-corrected chi connectivity index (χ4v) is 1.92. The summed E-state index contributed by atoms with van der Waals surface area (Å²) in [4.78, 5) is 6.44. The third-order valence-corrected chi connectivity index (χ3v) is 3.06. The molecule has 0 unspecified atom stereocenters. The minimum atomic E-state index is -1.74. The Morgan fingerprint density at radius 1 is 1.00 bits per heavy atom. The Kier molecular flexibility index (Phi) is 4.50. The summed E-state index contributed by atoms with van der Waals surface area (Å²) in [6, 6.07) is 5.79. The number of nitrogens with zero attached hydrogens (tertiary/aromatic N) is 3. The lowest BCUT2D eigenvalue weighted by molar-refractivity contribution is 0.286. The molecule has 130 valence electrons. The lowest BCUT2D eigenvalue weighted by atomic mass is 10.2. The van der Waals surface area contributed by atoms with E-state index >= 15 is 0 Å². The van der Waals surface area contributed by atoms with Crippen molar-refractivity contribution in [2.45, 2.75) is 13.5 Å². The second kappa shape index (κ2) is 6.75. The van der Waals surface area contributed by atoms with E-state index in [4.69, 9.17) is 9.26 Å². The van der Waals surface area contributed by atoms with Crippen LogP contribution in [-0.4, -0.2) is 15.1 Å². The smallest absolute Gasteiger partial charge is 0.253 e. The summed E-state index contributed by atoms with van der Waals surface area (Å²) in [5.74, 6) is -5.54. The van der Waals surface area contributed by atoms with Gasteiger partial charge in [-0.3, -0.25) is 0 Å². The van der Waals surface area contributed by atoms with Gasteiger partial charge in [-0.1, -0.05) is 5.16 Å². The van der Waals surface area contributed by atoms with Gasteiger partial charge < -0.3 is 14.6 Å². The first-order valence-electron chi connectivity index (χ1n) is 6.93. The molecule has 0 radical (unpaired) electrons. The molecule has 0 aliphatic carbocycles. The molecule has 0 aliphatic heterocycles. The Labute approximate surface area is 138 Å². The van der Waals surface area contributed by atoms with Gasteiger partial charge in [-0.05, 0) is 24.3 Å². The number of pyridine rings is 1. The Morgan fingerprint density at radius 2 is 1.64 bits per heavy atom. The van der Waals surface area contributed by atoms with Gasteiger partial charge in [0.2, 0.25) is 23.3 Å². The third kappa shape index (κ3) is 3.67. The predicted molar refractivity (Wildman–Crippen MR) is 77.2 cm³/mol. The number of nitrogens with one attached hydrogen (secondary N) is 1. The molecule has 3 aromatic rings. The lowest BCUT2D eigenvalue weighted by Gasteiger charge is -2.10. The highest BCUT2D eigenvalue weighted by Gasteiger charge is 2.20. The van der Waals surface area contributed by atoms with E-state index in [0.29, 0.717) is 17.5 Å². The van der Waals surface area contributed by atoms with Gasteiger partial charge in [-0.25, -0.2) is 0 Å². The molecule has 2 aromatic heterocycles. The van der Waals surface area contributed by atoms with Crippen molar-refractivity contribution in [3.8, 4) is 5.75 Å². The Morgan fingerprint density at radius 3 is 2.20 bits per heavy atom. The largest absolute Gasteiger partial charge is 0.485 e. The minimum Gasteiger partial charge on any atom is -0.485 e. The zero-order valence-corrected chi connectivity index (χ0v) is 12.7. The molecule has 0 saturated carbocycles. The van der Waals surface area contributed by atoms with Crippen molar-refractivity contribution < 1.29 is 26.8 Å². The van der Waals surface area contributed by atoms with Gasteiger partial charge in [0, 0.05) is 12.6 Å². The van der Waals surface area contributed by atoms with Crippen molar-refractivity contribution in [3.63, 3.8) is 0 Å². The number of ether oxygens (including phenoxy) is 1. The summed E-state index contributed by atoms with van der Waals surface area (Å²) in [5, 5.41) is 5.92. The zero-order valence-electron chi connectivity index (χ0n) is 12.7. The Bertz CT molecular complexity index is 873.